The van der Waals surface area contributed by atoms with E-state index in [4.69, 9.17) is 0 Å². The van der Waals surface area contributed by atoms with Crippen LogP contribution in [0.15, 0.2) is 47.4 Å². The van der Waals surface area contributed by atoms with Crippen LogP contribution in [-0.4, -0.2) is 43.7 Å². The molecule has 0 spiro atoms. The molecule has 174 valence electrons. The molecule has 7 nitrogen and oxygen atoms in total. The summed E-state index contributed by atoms with van der Waals surface area (Å²) < 4.78 is 40.1. The smallest absolute Gasteiger partial charge is 0.251 e. The minimum absolute atomic E-state index is 0.0820. The molecule has 2 aromatic carbocycles. The Bertz CT molecular complexity index is 1070. The van der Waals surface area contributed by atoms with Gasteiger partial charge in [-0.15, -0.1) is 0 Å². The topological polar surface area (TPSA) is 95.6 Å². The molecule has 0 heterocycles. The Morgan fingerprint density at radius 3 is 2.16 bits per heavy atom. The van der Waals surface area contributed by atoms with Gasteiger partial charge in [-0.2, -0.15) is 4.31 Å². The van der Waals surface area contributed by atoms with Crippen LogP contribution < -0.4 is 10.6 Å². The van der Waals surface area contributed by atoms with Gasteiger partial charge in [0.1, 0.15) is 11.9 Å². The molecule has 0 bridgehead atoms. The van der Waals surface area contributed by atoms with Gasteiger partial charge >= 0.3 is 0 Å². The maximum Gasteiger partial charge on any atom is 0.251 e. The number of carbonyl (C=O) groups is 2. The number of carbonyl (C=O) groups excluding carboxylic acids is 2. The minimum Gasteiger partial charge on any atom is -0.340 e. The van der Waals surface area contributed by atoms with Gasteiger partial charge in [-0.05, 0) is 54.8 Å². The lowest BCUT2D eigenvalue weighted by Crippen LogP contribution is -2.47. The van der Waals surface area contributed by atoms with E-state index in [1.165, 1.54) is 40.7 Å². The SMILES string of the molecule is CCN(CC)S(=O)(=O)c1ccc(C)c(NC(=O)[C@@H](NC(=O)c2ccc(F)cc2)C(C)C)c1. The molecule has 0 aromatic heterocycles. The van der Waals surface area contributed by atoms with Crippen molar-refractivity contribution in [1.82, 2.24) is 9.62 Å². The van der Waals surface area contributed by atoms with Gasteiger partial charge < -0.3 is 10.6 Å². The van der Waals surface area contributed by atoms with Crippen LogP contribution in [0.1, 0.15) is 43.6 Å². The molecule has 0 saturated carbocycles. The number of anilines is 1. The first-order valence-corrected chi connectivity index (χ1v) is 11.9. The molecule has 1 atom stereocenters. The highest BCUT2D eigenvalue weighted by Crippen LogP contribution is 2.23. The summed E-state index contributed by atoms with van der Waals surface area (Å²) in [7, 11) is -3.69. The monoisotopic (exact) mass is 463 g/mol. The molecule has 2 amide bonds. The Morgan fingerprint density at radius 1 is 1.03 bits per heavy atom. The Labute approximate surface area is 189 Å². The second-order valence-corrected chi connectivity index (χ2v) is 9.70. The molecule has 0 aliphatic rings. The lowest BCUT2D eigenvalue weighted by atomic mass is 10.0. The zero-order valence-electron chi connectivity index (χ0n) is 19.0. The number of aryl methyl sites for hydroxylation is 1. The van der Waals surface area contributed by atoms with Crippen molar-refractivity contribution in [1.29, 1.82) is 0 Å². The molecular weight excluding hydrogens is 433 g/mol. The van der Waals surface area contributed by atoms with E-state index in [1.54, 1.807) is 40.7 Å². The summed E-state index contributed by atoms with van der Waals surface area (Å²) in [5.41, 5.74) is 1.27. The summed E-state index contributed by atoms with van der Waals surface area (Å²) in [4.78, 5) is 25.6. The number of amides is 2. The number of nitrogens with zero attached hydrogens (tertiary/aromatic N) is 1. The normalized spacial score (nSPS) is 12.6. The van der Waals surface area contributed by atoms with E-state index in [2.05, 4.69) is 10.6 Å². The number of benzene rings is 2. The Morgan fingerprint density at radius 2 is 1.62 bits per heavy atom. The zero-order chi connectivity index (χ0) is 24.1. The van der Waals surface area contributed by atoms with Crippen LogP contribution >= 0.6 is 0 Å². The van der Waals surface area contributed by atoms with Gasteiger partial charge in [0.2, 0.25) is 15.9 Å². The van der Waals surface area contributed by atoms with Crippen molar-refractivity contribution < 1.29 is 22.4 Å². The van der Waals surface area contributed by atoms with Gasteiger partial charge in [-0.3, -0.25) is 9.59 Å². The second-order valence-electron chi connectivity index (χ2n) is 7.76. The third-order valence-corrected chi connectivity index (χ3v) is 7.20. The van der Waals surface area contributed by atoms with Crippen molar-refractivity contribution in [2.75, 3.05) is 18.4 Å². The number of rotatable bonds is 9. The molecule has 0 unspecified atom stereocenters. The number of hydrogen-bond donors (Lipinski definition) is 2. The number of halogens is 1. The largest absolute Gasteiger partial charge is 0.340 e. The van der Waals surface area contributed by atoms with Crippen molar-refractivity contribution >= 4 is 27.5 Å². The van der Waals surface area contributed by atoms with E-state index in [1.807, 2.05) is 0 Å². The predicted octanol–water partition coefficient (Wildman–Crippen LogP) is 3.56. The molecule has 9 heteroatoms. The van der Waals surface area contributed by atoms with Gasteiger partial charge in [0.05, 0.1) is 4.90 Å². The van der Waals surface area contributed by atoms with Gasteiger partial charge in [0.15, 0.2) is 0 Å². The highest BCUT2D eigenvalue weighted by molar-refractivity contribution is 7.89. The summed E-state index contributed by atoms with van der Waals surface area (Å²) in [6.45, 7) is 9.50. The van der Waals surface area contributed by atoms with Crippen LogP contribution in [0.4, 0.5) is 10.1 Å². The fraction of sp³-hybridized carbons (Fsp3) is 0.391. The Kier molecular flexibility index (Phi) is 8.51. The van der Waals surface area contributed by atoms with Crippen molar-refractivity contribution in [3.63, 3.8) is 0 Å². The first-order valence-electron chi connectivity index (χ1n) is 10.5. The van der Waals surface area contributed by atoms with E-state index in [0.29, 0.717) is 24.3 Å². The standard InChI is InChI=1S/C23H30FN3O4S/c1-6-27(7-2)32(30,31)19-13-8-16(5)20(14-19)25-23(29)21(15(3)4)26-22(28)17-9-11-18(24)12-10-17/h8-15,21H,6-7H2,1-5H3,(H,25,29)(H,26,28)/t21-/m0/s1. The third kappa shape index (κ3) is 5.92. The number of hydrogen-bond acceptors (Lipinski definition) is 4. The molecule has 2 rings (SSSR count). The zero-order valence-corrected chi connectivity index (χ0v) is 19.8. The molecule has 0 aliphatic heterocycles. The highest BCUT2D eigenvalue weighted by Gasteiger charge is 2.27. The maximum atomic E-state index is 13.1. The first-order chi connectivity index (χ1) is 15.0. The van der Waals surface area contributed by atoms with Crippen molar-refractivity contribution in [2.45, 2.75) is 45.6 Å². The molecule has 2 aromatic rings. The molecule has 0 radical (unpaired) electrons. The van der Waals surface area contributed by atoms with Crippen molar-refractivity contribution in [3.05, 3.63) is 59.4 Å². The summed E-state index contributed by atoms with van der Waals surface area (Å²) in [5.74, 6) is -1.69. The molecule has 0 saturated heterocycles. The quantitative estimate of drug-likeness (QED) is 0.594. The second kappa shape index (κ2) is 10.7. The number of nitrogens with one attached hydrogen (secondary N) is 2. The van der Waals surface area contributed by atoms with Gasteiger partial charge in [0, 0.05) is 24.3 Å². The fourth-order valence-corrected chi connectivity index (χ4v) is 4.66. The van der Waals surface area contributed by atoms with Crippen LogP contribution in [0.25, 0.3) is 0 Å². The molecule has 0 aliphatic carbocycles. The van der Waals surface area contributed by atoms with Crippen LogP contribution in [0.3, 0.4) is 0 Å². The summed E-state index contributed by atoms with van der Waals surface area (Å²) in [6.07, 6.45) is 0. The Balaban J connectivity index is 2.26. The van der Waals surface area contributed by atoms with E-state index in [0.717, 1.165) is 0 Å². The molecular formula is C23H30FN3O4S. The van der Waals surface area contributed by atoms with E-state index >= 15 is 0 Å². The van der Waals surface area contributed by atoms with E-state index in [9.17, 15) is 22.4 Å². The first kappa shape index (κ1) is 25.5. The molecule has 2 N–H and O–H groups in total. The van der Waals surface area contributed by atoms with Crippen molar-refractivity contribution in [3.8, 4) is 0 Å². The predicted molar refractivity (Wildman–Crippen MR) is 122 cm³/mol. The minimum atomic E-state index is -3.69. The average Bonchev–Trinajstić information content (AvgIpc) is 2.74. The lowest BCUT2D eigenvalue weighted by molar-refractivity contribution is -0.118. The lowest BCUT2D eigenvalue weighted by Gasteiger charge is -2.23. The highest BCUT2D eigenvalue weighted by atomic mass is 32.2. The van der Waals surface area contributed by atoms with E-state index in [-0.39, 0.29) is 16.4 Å². The fourth-order valence-electron chi connectivity index (χ4n) is 3.18. The Hall–Kier alpha value is -2.78. The van der Waals surface area contributed by atoms with Crippen LogP contribution in [0, 0.1) is 18.7 Å². The molecule has 32 heavy (non-hydrogen) atoms. The third-order valence-electron chi connectivity index (χ3n) is 5.15. The summed E-state index contributed by atoms with van der Waals surface area (Å²) >= 11 is 0. The summed E-state index contributed by atoms with van der Waals surface area (Å²) in [6, 6.07) is 8.71. The van der Waals surface area contributed by atoms with Gasteiger partial charge in [-0.25, -0.2) is 12.8 Å². The number of sulfonamides is 1. The average molecular weight is 464 g/mol. The van der Waals surface area contributed by atoms with Crippen LogP contribution in [0.5, 0.6) is 0 Å². The summed E-state index contributed by atoms with van der Waals surface area (Å²) in [5, 5.41) is 5.42. The van der Waals surface area contributed by atoms with Crippen molar-refractivity contribution in [2.24, 2.45) is 5.92 Å². The molecule has 0 fully saturated rings. The van der Waals surface area contributed by atoms with Gasteiger partial charge in [-0.1, -0.05) is 33.8 Å². The van der Waals surface area contributed by atoms with Crippen LogP contribution in [0.2, 0.25) is 0 Å². The van der Waals surface area contributed by atoms with E-state index < -0.39 is 33.7 Å². The van der Waals surface area contributed by atoms with Gasteiger partial charge in [0.25, 0.3) is 5.91 Å². The van der Waals surface area contributed by atoms with Crippen LogP contribution in [-0.2, 0) is 14.8 Å². The maximum absolute atomic E-state index is 13.1.